The van der Waals surface area contributed by atoms with Crippen LogP contribution in [0.25, 0.3) is 0 Å². The molecule has 0 saturated heterocycles. The molecule has 1 N–H and O–H groups in total. The van der Waals surface area contributed by atoms with Crippen LogP contribution >= 0.6 is 0 Å². The van der Waals surface area contributed by atoms with E-state index in [1.807, 2.05) is 0 Å². The average Bonchev–Trinajstić information content (AvgIpc) is 2.13. The van der Waals surface area contributed by atoms with E-state index in [9.17, 15) is 13.6 Å². The number of amides is 1. The van der Waals surface area contributed by atoms with Crippen molar-refractivity contribution in [1.29, 1.82) is 0 Å². The second-order valence-electron chi connectivity index (χ2n) is 5.06. The first-order valence-corrected chi connectivity index (χ1v) is 5.57. The zero-order valence-electron chi connectivity index (χ0n) is 10.9. The Morgan fingerprint density at radius 2 is 1.72 bits per heavy atom. The summed E-state index contributed by atoms with van der Waals surface area (Å²) in [4.78, 5) is 11.5. The number of carbonyl (C=O) groups is 1. The molecule has 0 bridgehead atoms. The molecule has 3 nitrogen and oxygen atoms in total. The molecule has 1 aromatic carbocycles. The highest BCUT2D eigenvalue weighted by Crippen LogP contribution is 2.32. The lowest BCUT2D eigenvalue weighted by atomic mass is 10.1. The van der Waals surface area contributed by atoms with Gasteiger partial charge < -0.3 is 4.74 Å². The van der Waals surface area contributed by atoms with Crippen molar-refractivity contribution in [3.8, 4) is 0 Å². The monoisotopic (exact) mass is 257 g/mol. The highest BCUT2D eigenvalue weighted by molar-refractivity contribution is 5.86. The number of halogens is 2. The van der Waals surface area contributed by atoms with Crippen LogP contribution in [0.5, 0.6) is 0 Å². The summed E-state index contributed by atoms with van der Waals surface area (Å²) < 4.78 is 31.6. The largest absolute Gasteiger partial charge is 0.444 e. The summed E-state index contributed by atoms with van der Waals surface area (Å²) in [6.07, 6.45) is -0.751. The van der Waals surface area contributed by atoms with Gasteiger partial charge in [-0.3, -0.25) is 5.32 Å². The van der Waals surface area contributed by atoms with Crippen LogP contribution in [0.1, 0.15) is 33.3 Å². The Labute approximate surface area is 105 Å². The van der Waals surface area contributed by atoms with Gasteiger partial charge in [0.2, 0.25) is 0 Å². The minimum Gasteiger partial charge on any atom is -0.444 e. The minimum atomic E-state index is -3.02. The van der Waals surface area contributed by atoms with Crippen molar-refractivity contribution in [2.24, 2.45) is 0 Å². The van der Waals surface area contributed by atoms with E-state index in [1.54, 1.807) is 26.8 Å². The molecule has 0 radical (unpaired) electrons. The summed E-state index contributed by atoms with van der Waals surface area (Å²) in [6, 6.07) is 5.75. The third kappa shape index (κ3) is 4.31. The van der Waals surface area contributed by atoms with Gasteiger partial charge in [0.25, 0.3) is 5.92 Å². The number of hydrogen-bond donors (Lipinski definition) is 1. The normalized spacial score (nSPS) is 12.1. The van der Waals surface area contributed by atoms with Crippen LogP contribution in [0.3, 0.4) is 0 Å². The van der Waals surface area contributed by atoms with Crippen LogP contribution in [0.2, 0.25) is 0 Å². The molecule has 0 aliphatic rings. The number of benzene rings is 1. The molecular formula is C13H17F2NO2. The van der Waals surface area contributed by atoms with E-state index in [0.29, 0.717) is 0 Å². The van der Waals surface area contributed by atoms with Crippen molar-refractivity contribution in [1.82, 2.24) is 0 Å². The lowest BCUT2D eigenvalue weighted by Gasteiger charge is -2.21. The molecule has 0 aliphatic heterocycles. The molecule has 18 heavy (non-hydrogen) atoms. The molecule has 0 heterocycles. The Morgan fingerprint density at radius 3 is 2.22 bits per heavy atom. The number of rotatable bonds is 2. The molecule has 100 valence electrons. The van der Waals surface area contributed by atoms with E-state index in [-0.39, 0.29) is 11.3 Å². The average molecular weight is 257 g/mol. The van der Waals surface area contributed by atoms with Crippen LogP contribution in [0, 0.1) is 0 Å². The topological polar surface area (TPSA) is 38.3 Å². The van der Waals surface area contributed by atoms with Crippen LogP contribution < -0.4 is 5.32 Å². The van der Waals surface area contributed by atoms with Crippen LogP contribution in [-0.4, -0.2) is 11.7 Å². The first-order valence-electron chi connectivity index (χ1n) is 5.57. The van der Waals surface area contributed by atoms with E-state index in [4.69, 9.17) is 4.74 Å². The van der Waals surface area contributed by atoms with Gasteiger partial charge in [0.05, 0.1) is 5.69 Å². The lowest BCUT2D eigenvalue weighted by Crippen LogP contribution is -2.28. The summed E-state index contributed by atoms with van der Waals surface area (Å²) in [5.41, 5.74) is -0.858. The molecule has 0 spiro atoms. The molecule has 0 aromatic heterocycles. The van der Waals surface area contributed by atoms with Gasteiger partial charge in [-0.25, -0.2) is 13.6 Å². The summed E-state index contributed by atoms with van der Waals surface area (Å²) in [6.45, 7) is 5.88. The minimum absolute atomic E-state index is 0.0549. The van der Waals surface area contributed by atoms with Crippen LogP contribution in [-0.2, 0) is 10.7 Å². The lowest BCUT2D eigenvalue weighted by molar-refractivity contribution is 0.0182. The van der Waals surface area contributed by atoms with Crippen LogP contribution in [0.15, 0.2) is 24.3 Å². The molecule has 0 unspecified atom stereocenters. The molecule has 1 amide bonds. The maximum Gasteiger partial charge on any atom is 0.412 e. The Bertz CT molecular complexity index is 433. The highest BCUT2D eigenvalue weighted by Gasteiger charge is 2.28. The predicted molar refractivity (Wildman–Crippen MR) is 65.9 cm³/mol. The Morgan fingerprint density at radius 1 is 1.17 bits per heavy atom. The van der Waals surface area contributed by atoms with Gasteiger partial charge in [-0.2, -0.15) is 0 Å². The number of ether oxygens (including phenoxy) is 1. The smallest absolute Gasteiger partial charge is 0.412 e. The molecule has 0 aliphatic carbocycles. The number of alkyl halides is 2. The quantitative estimate of drug-likeness (QED) is 0.864. The Kier molecular flexibility index (Phi) is 3.94. The Balaban J connectivity index is 2.89. The molecular weight excluding hydrogens is 240 g/mol. The van der Waals surface area contributed by atoms with Crippen molar-refractivity contribution in [2.75, 3.05) is 5.32 Å². The van der Waals surface area contributed by atoms with Gasteiger partial charge in [0, 0.05) is 12.5 Å². The second-order valence-corrected chi connectivity index (χ2v) is 5.06. The summed E-state index contributed by atoms with van der Waals surface area (Å²) in [7, 11) is 0. The molecule has 1 aromatic rings. The van der Waals surface area contributed by atoms with Gasteiger partial charge >= 0.3 is 6.09 Å². The van der Waals surface area contributed by atoms with Crippen molar-refractivity contribution < 1.29 is 18.3 Å². The number of carbonyl (C=O) groups excluding carboxylic acids is 1. The summed E-state index contributed by atoms with van der Waals surface area (Å²) in [5, 5.41) is 2.33. The first-order chi connectivity index (χ1) is 8.09. The van der Waals surface area contributed by atoms with E-state index in [1.165, 1.54) is 18.2 Å². The highest BCUT2D eigenvalue weighted by atomic mass is 19.3. The van der Waals surface area contributed by atoms with E-state index >= 15 is 0 Å². The fourth-order valence-corrected chi connectivity index (χ4v) is 1.39. The van der Waals surface area contributed by atoms with Gasteiger partial charge in [-0.15, -0.1) is 0 Å². The molecule has 0 atom stereocenters. The maximum atomic E-state index is 13.3. The standard InChI is InChI=1S/C13H17F2NO2/c1-12(2,3)18-11(17)16-10-8-6-5-7-9(10)13(4,14)15/h5-8H,1-4H3,(H,16,17). The molecule has 5 heteroatoms. The van der Waals surface area contributed by atoms with Crippen molar-refractivity contribution in [3.63, 3.8) is 0 Å². The SMILES string of the molecule is CC(C)(C)OC(=O)Nc1ccccc1C(C)(F)F. The van der Waals surface area contributed by atoms with Gasteiger partial charge in [-0.1, -0.05) is 18.2 Å². The van der Waals surface area contributed by atoms with E-state index in [2.05, 4.69) is 5.32 Å². The van der Waals surface area contributed by atoms with Gasteiger partial charge in [-0.05, 0) is 26.8 Å². The van der Waals surface area contributed by atoms with Gasteiger partial charge in [0.1, 0.15) is 5.60 Å². The fraction of sp³-hybridized carbons (Fsp3) is 0.462. The third-order valence-corrected chi connectivity index (χ3v) is 2.04. The van der Waals surface area contributed by atoms with E-state index in [0.717, 1.165) is 6.92 Å². The van der Waals surface area contributed by atoms with E-state index < -0.39 is 17.6 Å². The first kappa shape index (κ1) is 14.4. The number of para-hydroxylation sites is 1. The zero-order chi connectivity index (χ0) is 14.0. The fourth-order valence-electron chi connectivity index (χ4n) is 1.39. The second kappa shape index (κ2) is 4.92. The molecule has 0 saturated carbocycles. The van der Waals surface area contributed by atoms with Crippen LogP contribution in [0.4, 0.5) is 19.3 Å². The van der Waals surface area contributed by atoms with Crippen molar-refractivity contribution in [2.45, 2.75) is 39.2 Å². The van der Waals surface area contributed by atoms with Crippen molar-refractivity contribution >= 4 is 11.8 Å². The number of nitrogens with one attached hydrogen (secondary N) is 1. The Hall–Kier alpha value is -1.65. The third-order valence-electron chi connectivity index (χ3n) is 2.04. The van der Waals surface area contributed by atoms with Gasteiger partial charge in [0.15, 0.2) is 0 Å². The predicted octanol–water partition coefficient (Wildman–Crippen LogP) is 4.15. The molecule has 0 fully saturated rings. The zero-order valence-corrected chi connectivity index (χ0v) is 10.9. The molecule has 1 rings (SSSR count). The maximum absolute atomic E-state index is 13.3. The van der Waals surface area contributed by atoms with Crippen molar-refractivity contribution in [3.05, 3.63) is 29.8 Å². The number of hydrogen-bond acceptors (Lipinski definition) is 2. The summed E-state index contributed by atoms with van der Waals surface area (Å²) >= 11 is 0. The summed E-state index contributed by atoms with van der Waals surface area (Å²) in [5.74, 6) is -3.02. The number of anilines is 1.